The summed E-state index contributed by atoms with van der Waals surface area (Å²) in [4.78, 5) is 17.4. The van der Waals surface area contributed by atoms with Crippen LogP contribution in [-0.2, 0) is 17.9 Å². The summed E-state index contributed by atoms with van der Waals surface area (Å²) in [7, 11) is 0. The van der Waals surface area contributed by atoms with Gasteiger partial charge in [0.25, 0.3) is 0 Å². The van der Waals surface area contributed by atoms with E-state index < -0.39 is 0 Å². The summed E-state index contributed by atoms with van der Waals surface area (Å²) in [6.07, 6.45) is 1.96. The van der Waals surface area contributed by atoms with Crippen molar-refractivity contribution >= 4 is 16.8 Å². The molecule has 34 heavy (non-hydrogen) atoms. The minimum atomic E-state index is 0.124. The Balaban J connectivity index is 1.09. The average Bonchev–Trinajstić information content (AvgIpc) is 3.59. The molecule has 2 aromatic heterocycles. The van der Waals surface area contributed by atoms with Gasteiger partial charge in [0.05, 0.1) is 0 Å². The monoisotopic (exact) mass is 459 g/mol. The van der Waals surface area contributed by atoms with Gasteiger partial charge in [0.15, 0.2) is 11.5 Å². The molecule has 6 rings (SSSR count). The first-order valence-corrected chi connectivity index (χ1v) is 11.4. The van der Waals surface area contributed by atoms with Crippen molar-refractivity contribution < 1.29 is 18.7 Å². The molecule has 0 atom stereocenters. The fraction of sp³-hybridized carbons (Fsp3) is 0.320. The van der Waals surface area contributed by atoms with Gasteiger partial charge in [-0.3, -0.25) is 9.69 Å². The fourth-order valence-corrected chi connectivity index (χ4v) is 4.57. The smallest absolute Gasteiger partial charge is 0.247 e. The molecule has 0 N–H and O–H groups in total. The summed E-state index contributed by atoms with van der Waals surface area (Å²) in [5.74, 6) is 2.74. The lowest BCUT2D eigenvalue weighted by Crippen LogP contribution is -2.49. The lowest BCUT2D eigenvalue weighted by molar-refractivity contribution is -0.133. The second-order valence-electron chi connectivity index (χ2n) is 8.69. The van der Waals surface area contributed by atoms with Crippen LogP contribution < -0.4 is 9.47 Å². The van der Waals surface area contributed by atoms with E-state index in [1.54, 1.807) is 6.92 Å². The van der Waals surface area contributed by atoms with Crippen molar-refractivity contribution in [2.75, 3.05) is 33.0 Å². The first kappa shape index (κ1) is 20.7. The van der Waals surface area contributed by atoms with Crippen molar-refractivity contribution in [1.29, 1.82) is 0 Å². The van der Waals surface area contributed by atoms with Crippen LogP contribution >= 0.6 is 0 Å². The molecular formula is C25H25N5O4. The number of benzene rings is 2. The number of amides is 1. The van der Waals surface area contributed by atoms with Crippen LogP contribution in [0.25, 0.3) is 22.4 Å². The van der Waals surface area contributed by atoms with Gasteiger partial charge in [0.2, 0.25) is 24.5 Å². The molecule has 0 radical (unpaired) electrons. The summed E-state index contributed by atoms with van der Waals surface area (Å²) >= 11 is 0. The Hall–Kier alpha value is -3.85. The Kier molecular flexibility index (Phi) is 5.18. The maximum atomic E-state index is 13.1. The number of aromatic nitrogens is 3. The molecule has 9 nitrogen and oxygen atoms in total. The largest absolute Gasteiger partial charge is 0.454 e. The maximum absolute atomic E-state index is 13.1. The summed E-state index contributed by atoms with van der Waals surface area (Å²) in [5, 5.41) is 9.09. The van der Waals surface area contributed by atoms with Gasteiger partial charge < -0.3 is 23.4 Å². The van der Waals surface area contributed by atoms with E-state index in [4.69, 9.17) is 13.9 Å². The number of carbonyl (C=O) groups excluding carboxylic acids is 1. The molecule has 2 aliphatic rings. The van der Waals surface area contributed by atoms with Gasteiger partial charge >= 0.3 is 0 Å². The molecule has 0 bridgehead atoms. The molecule has 4 aromatic rings. The van der Waals surface area contributed by atoms with Gasteiger partial charge in [-0.15, -0.1) is 10.2 Å². The SMILES string of the molecule is Cc1nnc(-c2ccc3ccn(CC(=O)N4CCN(Cc5ccc6c(c5)OCO6)CC4)c3c2)o1. The van der Waals surface area contributed by atoms with E-state index in [1.165, 1.54) is 5.56 Å². The van der Waals surface area contributed by atoms with Gasteiger partial charge in [0.1, 0.15) is 6.54 Å². The second kappa shape index (κ2) is 8.49. The predicted octanol–water partition coefficient (Wildman–Crippen LogP) is 3.07. The number of hydrogen-bond acceptors (Lipinski definition) is 7. The molecule has 0 saturated carbocycles. The minimum absolute atomic E-state index is 0.124. The normalized spacial score (nSPS) is 15.9. The first-order valence-electron chi connectivity index (χ1n) is 11.4. The van der Waals surface area contributed by atoms with Crippen LogP contribution in [0, 0.1) is 6.92 Å². The lowest BCUT2D eigenvalue weighted by Gasteiger charge is -2.35. The van der Waals surface area contributed by atoms with Crippen LogP contribution in [0.3, 0.4) is 0 Å². The number of carbonyl (C=O) groups is 1. The molecule has 2 aliphatic heterocycles. The lowest BCUT2D eigenvalue weighted by atomic mass is 10.1. The number of rotatable bonds is 5. The van der Waals surface area contributed by atoms with Crippen LogP contribution in [-0.4, -0.2) is 63.4 Å². The van der Waals surface area contributed by atoms with Crippen molar-refractivity contribution in [3.8, 4) is 23.0 Å². The zero-order valence-corrected chi connectivity index (χ0v) is 18.9. The second-order valence-corrected chi connectivity index (χ2v) is 8.69. The van der Waals surface area contributed by atoms with Crippen LogP contribution in [0.4, 0.5) is 0 Å². The molecule has 2 aromatic carbocycles. The Morgan fingerprint density at radius 2 is 1.82 bits per heavy atom. The van der Waals surface area contributed by atoms with Crippen LogP contribution in [0.2, 0.25) is 0 Å². The Labute approximate surface area is 196 Å². The first-order chi connectivity index (χ1) is 16.6. The van der Waals surface area contributed by atoms with E-state index in [1.807, 2.05) is 52.1 Å². The maximum Gasteiger partial charge on any atom is 0.247 e. The van der Waals surface area contributed by atoms with Gasteiger partial charge in [-0.25, -0.2) is 0 Å². The highest BCUT2D eigenvalue weighted by molar-refractivity contribution is 5.86. The number of ether oxygens (including phenoxy) is 2. The highest BCUT2D eigenvalue weighted by Gasteiger charge is 2.22. The molecule has 1 fully saturated rings. The quantitative estimate of drug-likeness (QED) is 0.453. The predicted molar refractivity (Wildman–Crippen MR) is 124 cm³/mol. The zero-order chi connectivity index (χ0) is 23.1. The molecule has 9 heteroatoms. The summed E-state index contributed by atoms with van der Waals surface area (Å²) in [6.45, 7) is 6.31. The van der Waals surface area contributed by atoms with E-state index in [0.29, 0.717) is 18.3 Å². The molecular weight excluding hydrogens is 434 g/mol. The third kappa shape index (κ3) is 3.99. The number of nitrogens with zero attached hydrogens (tertiary/aromatic N) is 5. The van der Waals surface area contributed by atoms with Crippen molar-refractivity contribution in [3.05, 3.63) is 60.1 Å². The summed E-state index contributed by atoms with van der Waals surface area (Å²) < 4.78 is 18.4. The molecule has 4 heterocycles. The van der Waals surface area contributed by atoms with Crippen LogP contribution in [0.15, 0.2) is 53.1 Å². The van der Waals surface area contributed by atoms with Gasteiger partial charge in [-0.2, -0.15) is 0 Å². The standard InChI is InChI=1S/C25H25N5O4/c1-17-26-27-25(34-17)20-4-3-19-6-7-30(21(19)13-20)15-24(31)29-10-8-28(9-11-29)14-18-2-5-22-23(12-18)33-16-32-22/h2-7,12-13H,8-11,14-16H2,1H3. The van der Waals surface area contributed by atoms with Gasteiger partial charge in [-0.05, 0) is 41.3 Å². The van der Waals surface area contributed by atoms with Crippen molar-refractivity contribution in [2.24, 2.45) is 0 Å². The molecule has 1 saturated heterocycles. The number of fused-ring (bicyclic) bond motifs is 2. The van der Waals surface area contributed by atoms with Crippen molar-refractivity contribution in [3.63, 3.8) is 0 Å². The summed E-state index contributed by atoms with van der Waals surface area (Å²) in [5.41, 5.74) is 3.01. The fourth-order valence-electron chi connectivity index (χ4n) is 4.57. The Bertz CT molecular complexity index is 1350. The highest BCUT2D eigenvalue weighted by atomic mass is 16.7. The van der Waals surface area contributed by atoms with E-state index in [9.17, 15) is 4.79 Å². The highest BCUT2D eigenvalue weighted by Crippen LogP contribution is 2.33. The van der Waals surface area contributed by atoms with Crippen molar-refractivity contribution in [2.45, 2.75) is 20.0 Å². The zero-order valence-electron chi connectivity index (χ0n) is 18.9. The van der Waals surface area contributed by atoms with E-state index in [2.05, 4.69) is 21.2 Å². The van der Waals surface area contributed by atoms with Gasteiger partial charge in [0, 0.05) is 56.9 Å². The molecule has 0 spiro atoms. The van der Waals surface area contributed by atoms with Gasteiger partial charge in [-0.1, -0.05) is 12.1 Å². The molecule has 174 valence electrons. The Morgan fingerprint density at radius 3 is 2.65 bits per heavy atom. The molecule has 0 aliphatic carbocycles. The van der Waals surface area contributed by atoms with E-state index >= 15 is 0 Å². The van der Waals surface area contributed by atoms with E-state index in [-0.39, 0.29) is 12.7 Å². The third-order valence-electron chi connectivity index (χ3n) is 6.42. The van der Waals surface area contributed by atoms with Crippen molar-refractivity contribution in [1.82, 2.24) is 24.6 Å². The summed E-state index contributed by atoms with van der Waals surface area (Å²) in [6, 6.07) is 14.1. The minimum Gasteiger partial charge on any atom is -0.454 e. The average molecular weight is 460 g/mol. The van der Waals surface area contributed by atoms with Crippen LogP contribution in [0.5, 0.6) is 11.5 Å². The Morgan fingerprint density at radius 1 is 0.971 bits per heavy atom. The number of aryl methyl sites for hydroxylation is 1. The third-order valence-corrected chi connectivity index (χ3v) is 6.42. The topological polar surface area (TPSA) is 85.9 Å². The molecule has 1 amide bonds. The molecule has 0 unspecified atom stereocenters. The number of piperazine rings is 1. The number of hydrogen-bond donors (Lipinski definition) is 0. The van der Waals surface area contributed by atoms with Crippen LogP contribution in [0.1, 0.15) is 11.5 Å². The van der Waals surface area contributed by atoms with E-state index in [0.717, 1.165) is 60.7 Å².